The predicted octanol–water partition coefficient (Wildman–Crippen LogP) is 0.546. The first-order valence-electron chi connectivity index (χ1n) is 7.42. The molecular formula is C15H23ClN4O2. The minimum absolute atomic E-state index is 0.127. The fourth-order valence-electron chi connectivity index (χ4n) is 2.47. The number of methoxy groups -OCH3 is 1. The molecule has 0 saturated carbocycles. The first kappa shape index (κ1) is 16.9. The molecule has 1 aliphatic heterocycles. The van der Waals surface area contributed by atoms with Crippen LogP contribution in [0.15, 0.2) is 18.2 Å². The molecule has 0 aliphatic carbocycles. The number of carbonyl (C=O) groups is 1. The molecule has 0 atom stereocenters. The van der Waals surface area contributed by atoms with Crippen LogP contribution in [0.2, 0.25) is 5.02 Å². The second kappa shape index (κ2) is 8.22. The van der Waals surface area contributed by atoms with Gasteiger partial charge in [-0.3, -0.25) is 4.79 Å². The standard InChI is InChI=1S/C15H23ClN4O2/c1-22-14-10-12(2-3-13(14)16)19-6-8-20(9-7-19)15(21)11-18-5-4-17/h2-3,10,18H,4-9,11,17H2,1H3. The molecule has 0 aromatic heterocycles. The molecule has 0 radical (unpaired) electrons. The quantitative estimate of drug-likeness (QED) is 0.747. The van der Waals surface area contributed by atoms with Crippen LogP contribution in [-0.2, 0) is 4.79 Å². The summed E-state index contributed by atoms with van der Waals surface area (Å²) in [7, 11) is 1.61. The highest BCUT2D eigenvalue weighted by Crippen LogP contribution is 2.29. The summed E-state index contributed by atoms with van der Waals surface area (Å²) in [5.74, 6) is 0.797. The Bertz CT molecular complexity index is 504. The van der Waals surface area contributed by atoms with Crippen molar-refractivity contribution >= 4 is 23.2 Å². The molecular weight excluding hydrogens is 304 g/mol. The lowest BCUT2D eigenvalue weighted by Gasteiger charge is -2.36. The highest BCUT2D eigenvalue weighted by Gasteiger charge is 2.21. The highest BCUT2D eigenvalue weighted by molar-refractivity contribution is 6.32. The molecule has 1 aromatic rings. The van der Waals surface area contributed by atoms with E-state index in [4.69, 9.17) is 22.1 Å². The van der Waals surface area contributed by atoms with E-state index in [-0.39, 0.29) is 5.91 Å². The third kappa shape index (κ3) is 4.25. The zero-order valence-corrected chi connectivity index (χ0v) is 13.6. The lowest BCUT2D eigenvalue weighted by molar-refractivity contribution is -0.130. The van der Waals surface area contributed by atoms with Crippen LogP contribution in [-0.4, -0.2) is 63.7 Å². The van der Waals surface area contributed by atoms with Crippen molar-refractivity contribution in [3.05, 3.63) is 23.2 Å². The van der Waals surface area contributed by atoms with Crippen LogP contribution >= 0.6 is 11.6 Å². The van der Waals surface area contributed by atoms with Crippen LogP contribution in [0.25, 0.3) is 0 Å². The monoisotopic (exact) mass is 326 g/mol. The molecule has 2 rings (SSSR count). The van der Waals surface area contributed by atoms with Crippen molar-refractivity contribution in [2.24, 2.45) is 5.73 Å². The van der Waals surface area contributed by atoms with Gasteiger partial charge in [0.15, 0.2) is 0 Å². The van der Waals surface area contributed by atoms with Crippen LogP contribution in [0, 0.1) is 0 Å². The van der Waals surface area contributed by atoms with Crippen LogP contribution in [0.5, 0.6) is 5.75 Å². The first-order chi connectivity index (χ1) is 10.7. The van der Waals surface area contributed by atoms with Gasteiger partial charge in [0.25, 0.3) is 0 Å². The largest absolute Gasteiger partial charge is 0.495 e. The number of nitrogens with two attached hydrogens (primary N) is 1. The lowest BCUT2D eigenvalue weighted by atomic mass is 10.2. The van der Waals surface area contributed by atoms with E-state index in [9.17, 15) is 4.79 Å². The van der Waals surface area contributed by atoms with Crippen LogP contribution in [0.3, 0.4) is 0 Å². The molecule has 1 heterocycles. The van der Waals surface area contributed by atoms with Gasteiger partial charge in [-0.1, -0.05) is 11.6 Å². The fraction of sp³-hybridized carbons (Fsp3) is 0.533. The Morgan fingerprint density at radius 2 is 2.09 bits per heavy atom. The number of nitrogens with one attached hydrogen (secondary N) is 1. The van der Waals surface area contributed by atoms with Gasteiger partial charge in [-0.25, -0.2) is 0 Å². The molecule has 0 bridgehead atoms. The lowest BCUT2D eigenvalue weighted by Crippen LogP contribution is -2.51. The van der Waals surface area contributed by atoms with E-state index in [1.54, 1.807) is 7.11 Å². The highest BCUT2D eigenvalue weighted by atomic mass is 35.5. The molecule has 22 heavy (non-hydrogen) atoms. The van der Waals surface area contributed by atoms with Crippen molar-refractivity contribution in [2.75, 3.05) is 57.8 Å². The second-order valence-corrected chi connectivity index (χ2v) is 5.56. The Kier molecular flexibility index (Phi) is 6.30. The van der Waals surface area contributed by atoms with E-state index in [0.29, 0.717) is 43.5 Å². The van der Waals surface area contributed by atoms with Crippen molar-refractivity contribution in [1.29, 1.82) is 0 Å². The Morgan fingerprint density at radius 1 is 1.36 bits per heavy atom. The molecule has 0 unspecified atom stereocenters. The van der Waals surface area contributed by atoms with E-state index < -0.39 is 0 Å². The summed E-state index contributed by atoms with van der Waals surface area (Å²) in [6, 6.07) is 5.75. The summed E-state index contributed by atoms with van der Waals surface area (Å²) in [5, 5.41) is 3.64. The number of nitrogens with zero attached hydrogens (tertiary/aromatic N) is 2. The summed E-state index contributed by atoms with van der Waals surface area (Å²) < 4.78 is 5.25. The summed E-state index contributed by atoms with van der Waals surface area (Å²) in [5.41, 5.74) is 6.46. The van der Waals surface area contributed by atoms with Crippen molar-refractivity contribution in [2.45, 2.75) is 0 Å². The first-order valence-corrected chi connectivity index (χ1v) is 7.80. The third-order valence-electron chi connectivity index (χ3n) is 3.73. The van der Waals surface area contributed by atoms with E-state index in [0.717, 1.165) is 18.8 Å². The topological polar surface area (TPSA) is 70.8 Å². The number of piperazine rings is 1. The Balaban J connectivity index is 1.88. The van der Waals surface area contributed by atoms with Gasteiger partial charge in [0.2, 0.25) is 5.91 Å². The van der Waals surface area contributed by atoms with Crippen molar-refractivity contribution in [3.8, 4) is 5.75 Å². The number of halogens is 1. The fourth-order valence-corrected chi connectivity index (χ4v) is 2.66. The zero-order valence-electron chi connectivity index (χ0n) is 12.8. The number of rotatable bonds is 6. The molecule has 1 aromatic carbocycles. The van der Waals surface area contributed by atoms with Crippen molar-refractivity contribution in [1.82, 2.24) is 10.2 Å². The van der Waals surface area contributed by atoms with Crippen molar-refractivity contribution < 1.29 is 9.53 Å². The van der Waals surface area contributed by atoms with Crippen LogP contribution in [0.4, 0.5) is 5.69 Å². The maximum Gasteiger partial charge on any atom is 0.236 e. The zero-order chi connectivity index (χ0) is 15.9. The van der Waals surface area contributed by atoms with Gasteiger partial charge in [0.05, 0.1) is 18.7 Å². The van der Waals surface area contributed by atoms with Gasteiger partial charge >= 0.3 is 0 Å². The summed E-state index contributed by atoms with van der Waals surface area (Å²) >= 11 is 6.05. The Labute approximate surface area is 136 Å². The SMILES string of the molecule is COc1cc(N2CCN(C(=O)CNCCN)CC2)ccc1Cl. The number of benzene rings is 1. The van der Waals surface area contributed by atoms with Gasteiger partial charge in [-0.2, -0.15) is 0 Å². The molecule has 122 valence electrons. The number of hydrogen-bond donors (Lipinski definition) is 2. The minimum atomic E-state index is 0.127. The van der Waals surface area contributed by atoms with E-state index in [1.165, 1.54) is 0 Å². The second-order valence-electron chi connectivity index (χ2n) is 5.15. The average molecular weight is 327 g/mol. The number of hydrogen-bond acceptors (Lipinski definition) is 5. The number of ether oxygens (including phenoxy) is 1. The normalized spacial score (nSPS) is 15.0. The third-order valence-corrected chi connectivity index (χ3v) is 4.04. The summed E-state index contributed by atoms with van der Waals surface area (Å²) in [6.07, 6.45) is 0. The maximum atomic E-state index is 12.0. The van der Waals surface area contributed by atoms with E-state index in [1.807, 2.05) is 23.1 Å². The predicted molar refractivity (Wildman–Crippen MR) is 88.7 cm³/mol. The maximum absolute atomic E-state index is 12.0. The van der Waals surface area contributed by atoms with Gasteiger partial charge in [0.1, 0.15) is 5.75 Å². The van der Waals surface area contributed by atoms with Crippen molar-refractivity contribution in [3.63, 3.8) is 0 Å². The van der Waals surface area contributed by atoms with Gasteiger partial charge < -0.3 is 25.6 Å². The molecule has 0 spiro atoms. The molecule has 1 aliphatic rings. The Morgan fingerprint density at radius 3 is 2.73 bits per heavy atom. The number of carbonyl (C=O) groups excluding carboxylic acids is 1. The number of amides is 1. The summed E-state index contributed by atoms with van der Waals surface area (Å²) in [6.45, 7) is 4.59. The van der Waals surface area contributed by atoms with Crippen LogP contribution < -0.4 is 20.7 Å². The Hall–Kier alpha value is -1.50. The molecule has 3 N–H and O–H groups in total. The van der Waals surface area contributed by atoms with Crippen LogP contribution in [0.1, 0.15) is 0 Å². The van der Waals surface area contributed by atoms with Gasteiger partial charge in [-0.15, -0.1) is 0 Å². The van der Waals surface area contributed by atoms with E-state index >= 15 is 0 Å². The minimum Gasteiger partial charge on any atom is -0.495 e. The summed E-state index contributed by atoms with van der Waals surface area (Å²) in [4.78, 5) is 16.1. The molecule has 6 nitrogen and oxygen atoms in total. The van der Waals surface area contributed by atoms with Gasteiger partial charge in [0, 0.05) is 51.0 Å². The van der Waals surface area contributed by atoms with Gasteiger partial charge in [-0.05, 0) is 12.1 Å². The molecule has 1 saturated heterocycles. The average Bonchev–Trinajstić information content (AvgIpc) is 2.55. The molecule has 1 fully saturated rings. The molecule has 1 amide bonds. The smallest absolute Gasteiger partial charge is 0.236 e. The molecule has 7 heteroatoms. The van der Waals surface area contributed by atoms with E-state index in [2.05, 4.69) is 10.2 Å². The number of anilines is 1.